The molecule has 0 unspecified atom stereocenters. The number of rotatable bonds is 6. The van der Waals surface area contributed by atoms with Crippen LogP contribution in [0.1, 0.15) is 35.7 Å². The number of nitrogens with one attached hydrogen (secondary N) is 1. The lowest BCUT2D eigenvalue weighted by Crippen LogP contribution is -2.37. The molecule has 3 aromatic rings. The first-order chi connectivity index (χ1) is 12.0. The highest BCUT2D eigenvalue weighted by atomic mass is 16.4. The van der Waals surface area contributed by atoms with Crippen LogP contribution >= 0.6 is 0 Å². The molecule has 6 heteroatoms. The summed E-state index contributed by atoms with van der Waals surface area (Å²) in [7, 11) is 0. The minimum Gasteiger partial charge on any atom is -0.481 e. The molecule has 6 nitrogen and oxygen atoms in total. The predicted molar refractivity (Wildman–Crippen MR) is 93.4 cm³/mol. The van der Waals surface area contributed by atoms with Crippen LogP contribution in [-0.4, -0.2) is 32.9 Å². The summed E-state index contributed by atoms with van der Waals surface area (Å²) >= 11 is 0. The van der Waals surface area contributed by atoms with Crippen LogP contribution in [0.25, 0.3) is 10.9 Å². The van der Waals surface area contributed by atoms with Crippen molar-refractivity contribution in [2.75, 3.05) is 0 Å². The lowest BCUT2D eigenvalue weighted by molar-refractivity contribution is -0.136. The Labute approximate surface area is 145 Å². The maximum Gasteiger partial charge on any atom is 0.307 e. The SMILES string of the molecule is CC(C)N(Cc1ccco1)C(=O)c1[nH]c2ccccc2c1CC(=O)O. The molecule has 2 N–H and O–H groups in total. The number of hydrogen-bond acceptors (Lipinski definition) is 3. The molecule has 0 saturated heterocycles. The Morgan fingerprint density at radius 1 is 1.20 bits per heavy atom. The molecule has 1 aromatic carbocycles. The number of carboxylic acid groups (broad SMARTS) is 1. The first kappa shape index (κ1) is 16.8. The van der Waals surface area contributed by atoms with Crippen molar-refractivity contribution in [1.82, 2.24) is 9.88 Å². The van der Waals surface area contributed by atoms with E-state index in [0.717, 1.165) is 10.9 Å². The second-order valence-electron chi connectivity index (χ2n) is 6.20. The van der Waals surface area contributed by atoms with Gasteiger partial charge in [0.25, 0.3) is 5.91 Å². The van der Waals surface area contributed by atoms with E-state index in [0.29, 0.717) is 23.6 Å². The van der Waals surface area contributed by atoms with Crippen molar-refractivity contribution in [3.63, 3.8) is 0 Å². The van der Waals surface area contributed by atoms with Crippen LogP contribution < -0.4 is 0 Å². The average Bonchev–Trinajstić information content (AvgIpc) is 3.19. The minimum atomic E-state index is -0.971. The van der Waals surface area contributed by atoms with Gasteiger partial charge in [-0.3, -0.25) is 9.59 Å². The summed E-state index contributed by atoms with van der Waals surface area (Å²) in [6.45, 7) is 4.16. The number of hydrogen-bond donors (Lipinski definition) is 2. The lowest BCUT2D eigenvalue weighted by Gasteiger charge is -2.25. The number of aromatic nitrogens is 1. The number of amides is 1. The van der Waals surface area contributed by atoms with Crippen molar-refractivity contribution >= 4 is 22.8 Å². The normalized spacial score (nSPS) is 11.2. The molecule has 0 radical (unpaired) electrons. The van der Waals surface area contributed by atoms with E-state index in [9.17, 15) is 14.7 Å². The number of carboxylic acids is 1. The first-order valence-electron chi connectivity index (χ1n) is 8.12. The van der Waals surface area contributed by atoms with E-state index in [1.54, 1.807) is 17.2 Å². The van der Waals surface area contributed by atoms with Crippen LogP contribution in [0.15, 0.2) is 47.1 Å². The van der Waals surface area contributed by atoms with Crippen molar-refractivity contribution < 1.29 is 19.1 Å². The Hall–Kier alpha value is -3.02. The summed E-state index contributed by atoms with van der Waals surface area (Å²) in [4.78, 5) is 29.2. The minimum absolute atomic E-state index is 0.0679. The molecular weight excluding hydrogens is 320 g/mol. The van der Waals surface area contributed by atoms with Crippen LogP contribution in [0.3, 0.4) is 0 Å². The molecule has 0 fully saturated rings. The summed E-state index contributed by atoms with van der Waals surface area (Å²) in [6, 6.07) is 10.9. The third kappa shape index (κ3) is 3.42. The number of carbonyl (C=O) groups is 2. The number of H-pyrrole nitrogens is 1. The Morgan fingerprint density at radius 2 is 1.96 bits per heavy atom. The second-order valence-corrected chi connectivity index (χ2v) is 6.20. The van der Waals surface area contributed by atoms with Gasteiger partial charge in [-0.2, -0.15) is 0 Å². The van der Waals surface area contributed by atoms with Crippen molar-refractivity contribution in [2.24, 2.45) is 0 Å². The monoisotopic (exact) mass is 340 g/mol. The third-order valence-electron chi connectivity index (χ3n) is 4.15. The van der Waals surface area contributed by atoms with Crippen molar-refractivity contribution in [2.45, 2.75) is 32.9 Å². The molecule has 130 valence electrons. The van der Waals surface area contributed by atoms with Gasteiger partial charge in [-0.15, -0.1) is 0 Å². The van der Waals surface area contributed by atoms with Gasteiger partial charge in [-0.1, -0.05) is 18.2 Å². The van der Waals surface area contributed by atoms with Crippen LogP contribution in [-0.2, 0) is 17.8 Å². The zero-order valence-electron chi connectivity index (χ0n) is 14.2. The lowest BCUT2D eigenvalue weighted by atomic mass is 10.1. The van der Waals surface area contributed by atoms with E-state index in [2.05, 4.69) is 4.98 Å². The molecule has 0 aliphatic rings. The zero-order valence-corrected chi connectivity index (χ0v) is 14.2. The smallest absolute Gasteiger partial charge is 0.307 e. The number of aliphatic carboxylic acids is 1. The molecular formula is C19H20N2O4. The van der Waals surface area contributed by atoms with Gasteiger partial charge in [0.1, 0.15) is 11.5 Å². The molecule has 2 aromatic heterocycles. The fourth-order valence-electron chi connectivity index (χ4n) is 2.92. The number of nitrogens with zero attached hydrogens (tertiary/aromatic N) is 1. The number of benzene rings is 1. The number of furan rings is 1. The number of para-hydroxylation sites is 1. The van der Waals surface area contributed by atoms with Crippen LogP contribution in [0.4, 0.5) is 0 Å². The summed E-state index contributed by atoms with van der Waals surface area (Å²) in [5, 5.41) is 10.0. The highest BCUT2D eigenvalue weighted by molar-refractivity contribution is 6.02. The van der Waals surface area contributed by atoms with Crippen molar-refractivity contribution in [3.05, 3.63) is 59.7 Å². The molecule has 0 atom stereocenters. The Bertz CT molecular complexity index is 893. The summed E-state index contributed by atoms with van der Waals surface area (Å²) in [5.74, 6) is -0.530. The van der Waals surface area contributed by atoms with Crippen molar-refractivity contribution in [3.8, 4) is 0 Å². The van der Waals surface area contributed by atoms with Crippen LogP contribution in [0.5, 0.6) is 0 Å². The fourth-order valence-corrected chi connectivity index (χ4v) is 2.92. The van der Waals surface area contributed by atoms with Gasteiger partial charge in [0, 0.05) is 22.5 Å². The number of fused-ring (bicyclic) bond motifs is 1. The summed E-state index contributed by atoms with van der Waals surface area (Å²) < 4.78 is 5.36. The molecule has 0 aliphatic heterocycles. The zero-order chi connectivity index (χ0) is 18.0. The largest absolute Gasteiger partial charge is 0.481 e. The summed E-state index contributed by atoms with van der Waals surface area (Å²) in [5.41, 5.74) is 1.59. The fraction of sp³-hybridized carbons (Fsp3) is 0.263. The van der Waals surface area contributed by atoms with E-state index in [-0.39, 0.29) is 18.4 Å². The number of aromatic amines is 1. The molecule has 25 heavy (non-hydrogen) atoms. The molecule has 0 bridgehead atoms. The average molecular weight is 340 g/mol. The molecule has 1 amide bonds. The van der Waals surface area contributed by atoms with Crippen molar-refractivity contribution in [1.29, 1.82) is 0 Å². The van der Waals surface area contributed by atoms with Gasteiger partial charge in [0.05, 0.1) is 19.2 Å². The first-order valence-corrected chi connectivity index (χ1v) is 8.12. The van der Waals surface area contributed by atoms with Gasteiger partial charge >= 0.3 is 5.97 Å². The highest BCUT2D eigenvalue weighted by Crippen LogP contribution is 2.25. The maximum atomic E-state index is 13.1. The quantitative estimate of drug-likeness (QED) is 0.720. The molecule has 0 spiro atoms. The van der Waals surface area contributed by atoms with E-state index in [4.69, 9.17) is 4.42 Å². The van der Waals surface area contributed by atoms with E-state index < -0.39 is 5.97 Å². The molecule has 0 aliphatic carbocycles. The van der Waals surface area contributed by atoms with Crippen LogP contribution in [0, 0.1) is 0 Å². The standard InChI is InChI=1S/C19H20N2O4/c1-12(2)21(11-13-6-5-9-25-13)19(24)18-15(10-17(22)23)14-7-3-4-8-16(14)20-18/h3-9,12,20H,10-11H2,1-2H3,(H,22,23). The molecule has 0 saturated carbocycles. The van der Waals surface area contributed by atoms with Gasteiger partial charge in [-0.05, 0) is 32.0 Å². The van der Waals surface area contributed by atoms with Gasteiger partial charge < -0.3 is 19.4 Å². The molecule has 3 rings (SSSR count). The van der Waals surface area contributed by atoms with Gasteiger partial charge in [0.15, 0.2) is 0 Å². The van der Waals surface area contributed by atoms with Gasteiger partial charge in [-0.25, -0.2) is 0 Å². The Kier molecular flexibility index (Phi) is 4.61. The van der Waals surface area contributed by atoms with Gasteiger partial charge in [0.2, 0.25) is 0 Å². The third-order valence-corrected chi connectivity index (χ3v) is 4.15. The number of carbonyl (C=O) groups excluding carboxylic acids is 1. The molecule has 2 heterocycles. The summed E-state index contributed by atoms with van der Waals surface area (Å²) in [6.07, 6.45) is 1.36. The second kappa shape index (κ2) is 6.84. The van der Waals surface area contributed by atoms with E-state index in [1.807, 2.05) is 44.2 Å². The maximum absolute atomic E-state index is 13.1. The van der Waals surface area contributed by atoms with E-state index >= 15 is 0 Å². The predicted octanol–water partition coefficient (Wildman–Crippen LogP) is 3.44. The topological polar surface area (TPSA) is 86.5 Å². The van der Waals surface area contributed by atoms with E-state index in [1.165, 1.54) is 0 Å². The van der Waals surface area contributed by atoms with Crippen LogP contribution in [0.2, 0.25) is 0 Å². The highest BCUT2D eigenvalue weighted by Gasteiger charge is 2.26. The Balaban J connectivity index is 2.03. The Morgan fingerprint density at radius 3 is 2.60 bits per heavy atom.